The minimum Gasteiger partial charge on any atom is -0.309 e. The zero-order valence-corrected chi connectivity index (χ0v) is 47.8. The van der Waals surface area contributed by atoms with E-state index in [0.29, 0.717) is 0 Å². The van der Waals surface area contributed by atoms with Gasteiger partial charge in [0.25, 0.3) is 0 Å². The molecule has 18 aromatic rings. The zero-order valence-electron chi connectivity index (χ0n) is 47.8. The fraction of sp³-hybridized carbons (Fsp3) is 0.0119. The summed E-state index contributed by atoms with van der Waals surface area (Å²) in [5.74, 6) is 0. The van der Waals surface area contributed by atoms with Crippen molar-refractivity contribution in [3.8, 4) is 78.6 Å². The summed E-state index contributed by atoms with van der Waals surface area (Å²) in [6.07, 6.45) is 0. The van der Waals surface area contributed by atoms with E-state index in [1.165, 1.54) is 65.2 Å². The van der Waals surface area contributed by atoms with Crippen LogP contribution >= 0.6 is 0 Å². The average Bonchev–Trinajstić information content (AvgIpc) is 2.78. The van der Waals surface area contributed by atoms with Gasteiger partial charge in [0.1, 0.15) is 0 Å². The molecule has 0 fully saturated rings. The van der Waals surface area contributed by atoms with Crippen molar-refractivity contribution in [2.75, 3.05) is 0 Å². The van der Waals surface area contributed by atoms with Crippen LogP contribution in [-0.2, 0) is 0 Å². The molecule has 0 aliphatic carbocycles. The van der Waals surface area contributed by atoms with Crippen LogP contribution in [-0.4, -0.2) is 23.3 Å². The molecule has 0 bridgehead atoms. The zero-order chi connectivity index (χ0) is 57.8. The lowest BCUT2D eigenvalue weighted by Crippen LogP contribution is -2.01. The third-order valence-corrected chi connectivity index (χ3v) is 18.1. The van der Waals surface area contributed by atoms with Gasteiger partial charge in [0.2, 0.25) is 0 Å². The summed E-state index contributed by atoms with van der Waals surface area (Å²) >= 11 is 0. The Labute approximate surface area is 515 Å². The molecule has 89 heavy (non-hydrogen) atoms. The van der Waals surface area contributed by atoms with Gasteiger partial charge in [0.05, 0.1) is 66.9 Å². The van der Waals surface area contributed by atoms with Gasteiger partial charge in [0.15, 0.2) is 0 Å². The molecule has 418 valence electrons. The first-order valence-electron chi connectivity index (χ1n) is 30.2. The molecule has 0 saturated heterocycles. The molecule has 0 saturated carbocycles. The van der Waals surface area contributed by atoms with E-state index in [1.54, 1.807) is 0 Å². The highest BCUT2D eigenvalue weighted by molar-refractivity contribution is 6.13. The van der Waals surface area contributed by atoms with Crippen molar-refractivity contribution in [3.05, 3.63) is 322 Å². The average molecular weight is 1140 g/mol. The van der Waals surface area contributed by atoms with E-state index in [-0.39, 0.29) is 7.43 Å². The van der Waals surface area contributed by atoms with Gasteiger partial charge in [-0.15, -0.1) is 0 Å². The molecular formula is C84H57N5. The molecule has 18 rings (SSSR count). The first-order chi connectivity index (χ1) is 43.7. The van der Waals surface area contributed by atoms with Gasteiger partial charge >= 0.3 is 0 Å². The fourth-order valence-electron chi connectivity index (χ4n) is 14.3. The molecule has 0 aliphatic rings. The summed E-state index contributed by atoms with van der Waals surface area (Å²) in [7, 11) is 0. The van der Waals surface area contributed by atoms with Crippen LogP contribution in [0.1, 0.15) is 7.43 Å². The number of aromatic nitrogens is 5. The summed E-state index contributed by atoms with van der Waals surface area (Å²) < 4.78 is 9.75. The maximum absolute atomic E-state index is 5.71. The van der Waals surface area contributed by atoms with Gasteiger partial charge in [-0.3, -0.25) is 0 Å². The van der Waals surface area contributed by atoms with Crippen molar-refractivity contribution >= 4 is 87.2 Å². The first kappa shape index (κ1) is 51.6. The highest BCUT2D eigenvalue weighted by atomic mass is 15.0. The second kappa shape index (κ2) is 20.7. The molecule has 0 amide bonds. The second-order valence-corrected chi connectivity index (χ2v) is 23.0. The van der Waals surface area contributed by atoms with Gasteiger partial charge in [-0.2, -0.15) is 0 Å². The van der Waals surface area contributed by atoms with Crippen LogP contribution in [0.15, 0.2) is 322 Å². The quantitative estimate of drug-likeness (QED) is 0.142. The predicted molar refractivity (Wildman–Crippen MR) is 376 cm³/mol. The summed E-state index contributed by atoms with van der Waals surface area (Å²) in [6, 6.07) is 118. The molecule has 5 nitrogen and oxygen atoms in total. The number of nitrogens with zero attached hydrogens (tertiary/aromatic N) is 5. The molecule has 5 aromatic heterocycles. The Balaban J connectivity index is 0.00000612. The molecule has 5 heterocycles. The van der Waals surface area contributed by atoms with E-state index in [9.17, 15) is 0 Å². The van der Waals surface area contributed by atoms with Crippen LogP contribution in [0.5, 0.6) is 0 Å². The van der Waals surface area contributed by atoms with Crippen LogP contribution in [0, 0.1) is 0 Å². The number of rotatable bonds is 9. The number of benzene rings is 13. The first-order valence-corrected chi connectivity index (χ1v) is 30.2. The van der Waals surface area contributed by atoms with Crippen LogP contribution in [0.4, 0.5) is 0 Å². The number of hydrogen-bond acceptors (Lipinski definition) is 1. The third-order valence-electron chi connectivity index (χ3n) is 18.1. The molecule has 13 aromatic carbocycles. The topological polar surface area (TPSA) is 32.6 Å². The molecule has 0 unspecified atom stereocenters. The Bertz CT molecular complexity index is 5280. The van der Waals surface area contributed by atoms with Crippen molar-refractivity contribution < 1.29 is 0 Å². The second-order valence-electron chi connectivity index (χ2n) is 23.0. The normalized spacial score (nSPS) is 11.7. The van der Waals surface area contributed by atoms with Gasteiger partial charge in [0, 0.05) is 76.7 Å². The Morgan fingerprint density at radius 1 is 0.191 bits per heavy atom. The lowest BCUT2D eigenvalue weighted by Gasteiger charge is -2.18. The van der Waals surface area contributed by atoms with E-state index in [2.05, 4.69) is 340 Å². The van der Waals surface area contributed by atoms with Gasteiger partial charge in [-0.05, 0) is 131 Å². The molecule has 0 spiro atoms. The minimum atomic E-state index is 0. The van der Waals surface area contributed by atoms with Crippen LogP contribution in [0.3, 0.4) is 0 Å². The van der Waals surface area contributed by atoms with Crippen molar-refractivity contribution in [2.24, 2.45) is 0 Å². The van der Waals surface area contributed by atoms with Gasteiger partial charge in [-0.1, -0.05) is 220 Å². The largest absolute Gasteiger partial charge is 0.309 e. The summed E-state index contributed by atoms with van der Waals surface area (Å²) in [5, 5.41) is 9.82. The maximum Gasteiger partial charge on any atom is 0.0715 e. The number of para-hydroxylation sites is 8. The molecule has 0 aliphatic heterocycles. The lowest BCUT2D eigenvalue weighted by atomic mass is 9.95. The van der Waals surface area contributed by atoms with E-state index >= 15 is 0 Å². The minimum absolute atomic E-state index is 0. The van der Waals surface area contributed by atoms with E-state index < -0.39 is 0 Å². The van der Waals surface area contributed by atoms with Gasteiger partial charge in [-0.25, -0.2) is 4.98 Å². The molecule has 0 radical (unpaired) electrons. The van der Waals surface area contributed by atoms with Crippen molar-refractivity contribution in [3.63, 3.8) is 0 Å². The van der Waals surface area contributed by atoms with E-state index in [1.807, 2.05) is 0 Å². The number of pyridine rings is 1. The molecule has 0 N–H and O–H groups in total. The van der Waals surface area contributed by atoms with E-state index in [0.717, 1.165) is 101 Å². The summed E-state index contributed by atoms with van der Waals surface area (Å²) in [4.78, 5) is 5.71. The Morgan fingerprint density at radius 3 is 0.787 bits per heavy atom. The fourth-order valence-corrected chi connectivity index (χ4v) is 14.3. The standard InChI is InChI=1S/C83H53N5.CH4/c1-2-22-54(23-3-1)59-50-72(57-26-20-24-55(48-57)70-52-60(85-74-36-12-4-28-62(74)63-29-5-13-37-75(63)85)44-46-82(70)87-78-40-16-8-32-66(78)67-33-9-17-41-79(67)87)84-73(51-59)58-27-21-25-56(49-58)71-53-61(86-76-38-14-6-30-64(76)65-31-7-15-39-77(65)86)45-47-83(71)88-80-42-18-10-34-68(80)69-35-11-19-43-81(69)88;/h1-53H;1H4. The Morgan fingerprint density at radius 2 is 0.461 bits per heavy atom. The van der Waals surface area contributed by atoms with Crippen molar-refractivity contribution in [1.82, 2.24) is 23.3 Å². The molecule has 0 atom stereocenters. The smallest absolute Gasteiger partial charge is 0.0715 e. The van der Waals surface area contributed by atoms with Gasteiger partial charge < -0.3 is 18.3 Å². The Hall–Kier alpha value is -11.8. The molecular weight excluding hydrogens is 1080 g/mol. The van der Waals surface area contributed by atoms with Crippen molar-refractivity contribution in [2.45, 2.75) is 7.43 Å². The predicted octanol–water partition coefficient (Wildman–Crippen LogP) is 22.4. The number of hydrogen-bond donors (Lipinski definition) is 0. The lowest BCUT2D eigenvalue weighted by molar-refractivity contribution is 1.15. The SMILES string of the molecule is C.c1ccc(-c2cc(-c3cccc(-c4cc(-n5c6ccccc6c6ccccc65)ccc4-n4c5ccccc5c5ccccc54)c3)nc(-c3cccc(-c4cc(-n5c6ccccc6c6ccccc65)ccc4-n4c5ccccc5c5ccccc54)c3)c2)cc1. The monoisotopic (exact) mass is 1140 g/mol. The van der Waals surface area contributed by atoms with Crippen LogP contribution < -0.4 is 0 Å². The highest BCUT2D eigenvalue weighted by Gasteiger charge is 2.22. The highest BCUT2D eigenvalue weighted by Crippen LogP contribution is 2.44. The Kier molecular flexibility index (Phi) is 12.0. The summed E-state index contributed by atoms with van der Waals surface area (Å²) in [5.41, 5.74) is 24.2. The van der Waals surface area contributed by atoms with Crippen molar-refractivity contribution in [1.29, 1.82) is 0 Å². The maximum atomic E-state index is 5.71. The summed E-state index contributed by atoms with van der Waals surface area (Å²) in [6.45, 7) is 0. The van der Waals surface area contributed by atoms with Crippen LogP contribution in [0.2, 0.25) is 0 Å². The van der Waals surface area contributed by atoms with Crippen LogP contribution in [0.25, 0.3) is 166 Å². The number of fused-ring (bicyclic) bond motifs is 12. The third kappa shape index (κ3) is 8.20. The van der Waals surface area contributed by atoms with E-state index in [4.69, 9.17) is 4.98 Å². The molecule has 5 heteroatoms.